The Morgan fingerprint density at radius 1 is 0.449 bits per heavy atom. The molecule has 8 aromatic rings. The highest BCUT2D eigenvalue weighted by atomic mass is 32.1. The number of rotatable bonds is 5. The standard InChI is InChI=1S/C40H29F3N2S2.C2H6/c1-24-4-9-28(10-5-24)45(30-14-18-34-32-16-6-25(2)20-36(32)46-38(34)22-30)31-15-19-35-33-17-13-29(21-37(33)47-39(35)23-31)44(3)27-11-7-26(8-12-27)40(41,42)43;1-2/h4-23H,1-3H3;1-2H3. The first kappa shape index (κ1) is 32.7. The quantitative estimate of drug-likeness (QED) is 0.178. The average molecular weight is 689 g/mol. The maximum Gasteiger partial charge on any atom is 0.416 e. The molecule has 0 atom stereocenters. The zero-order valence-electron chi connectivity index (χ0n) is 27.9. The second-order valence-electron chi connectivity index (χ2n) is 12.0. The minimum Gasteiger partial charge on any atom is -0.345 e. The number of benzene rings is 6. The topological polar surface area (TPSA) is 6.48 Å². The Kier molecular flexibility index (Phi) is 8.59. The van der Waals surface area contributed by atoms with Crippen molar-refractivity contribution < 1.29 is 13.2 Å². The first-order valence-electron chi connectivity index (χ1n) is 16.3. The fraction of sp³-hybridized carbons (Fsp3) is 0.143. The third-order valence-electron chi connectivity index (χ3n) is 8.83. The van der Waals surface area contributed by atoms with E-state index in [0.29, 0.717) is 5.69 Å². The minimum absolute atomic E-state index is 0.649. The largest absolute Gasteiger partial charge is 0.416 e. The van der Waals surface area contributed by atoms with Gasteiger partial charge in [0.1, 0.15) is 0 Å². The van der Waals surface area contributed by atoms with E-state index in [1.165, 1.54) is 53.5 Å². The van der Waals surface area contributed by atoms with Crippen molar-refractivity contribution in [3.05, 3.63) is 138 Å². The molecule has 0 aliphatic heterocycles. The van der Waals surface area contributed by atoms with Crippen LogP contribution in [0.4, 0.5) is 41.6 Å². The molecule has 7 heteroatoms. The summed E-state index contributed by atoms with van der Waals surface area (Å²) >= 11 is 3.56. The molecule has 2 heterocycles. The molecule has 0 saturated carbocycles. The van der Waals surface area contributed by atoms with Gasteiger partial charge < -0.3 is 9.80 Å². The van der Waals surface area contributed by atoms with Gasteiger partial charge in [-0.1, -0.05) is 61.9 Å². The highest BCUT2D eigenvalue weighted by Gasteiger charge is 2.30. The Morgan fingerprint density at radius 2 is 0.837 bits per heavy atom. The first-order chi connectivity index (χ1) is 23.6. The summed E-state index contributed by atoms with van der Waals surface area (Å²) in [6.45, 7) is 8.24. The molecule has 2 nitrogen and oxygen atoms in total. The Bertz CT molecular complexity index is 2440. The molecular formula is C42H35F3N2S2. The van der Waals surface area contributed by atoms with E-state index in [2.05, 4.69) is 110 Å². The summed E-state index contributed by atoms with van der Waals surface area (Å²) in [5, 5.41) is 4.90. The predicted molar refractivity (Wildman–Crippen MR) is 207 cm³/mol. The van der Waals surface area contributed by atoms with Crippen molar-refractivity contribution in [1.82, 2.24) is 0 Å². The predicted octanol–water partition coefficient (Wildman–Crippen LogP) is 14.3. The van der Waals surface area contributed by atoms with E-state index in [1.54, 1.807) is 11.3 Å². The van der Waals surface area contributed by atoms with Crippen molar-refractivity contribution in [3.63, 3.8) is 0 Å². The Morgan fingerprint density at radius 3 is 1.35 bits per heavy atom. The fourth-order valence-electron chi connectivity index (χ4n) is 6.28. The second kappa shape index (κ2) is 12.9. The smallest absolute Gasteiger partial charge is 0.345 e. The van der Waals surface area contributed by atoms with Crippen LogP contribution in [0.15, 0.2) is 121 Å². The Hall–Kier alpha value is -4.85. The number of alkyl halides is 3. The lowest BCUT2D eigenvalue weighted by atomic mass is 10.1. The second-order valence-corrected chi connectivity index (χ2v) is 14.2. The highest BCUT2D eigenvalue weighted by Crippen LogP contribution is 2.44. The SMILES string of the molecule is CC.Cc1ccc(N(c2ccc3c(c2)sc2cc(C)ccc23)c2ccc3c(c2)sc2cc(N(C)c4ccc(C(F)(F)F)cc4)ccc23)cc1. The van der Waals surface area contributed by atoms with Crippen LogP contribution in [-0.2, 0) is 6.18 Å². The summed E-state index contributed by atoms with van der Waals surface area (Å²) in [5.41, 5.74) is 6.70. The first-order valence-corrected chi connectivity index (χ1v) is 17.9. The van der Waals surface area contributed by atoms with Gasteiger partial charge in [0.15, 0.2) is 0 Å². The van der Waals surface area contributed by atoms with Crippen molar-refractivity contribution >= 4 is 91.5 Å². The molecule has 246 valence electrons. The van der Waals surface area contributed by atoms with Crippen LogP contribution < -0.4 is 9.80 Å². The highest BCUT2D eigenvalue weighted by molar-refractivity contribution is 7.26. The van der Waals surface area contributed by atoms with E-state index in [1.807, 2.05) is 43.2 Å². The van der Waals surface area contributed by atoms with Crippen LogP contribution in [-0.4, -0.2) is 7.05 Å². The third kappa shape index (κ3) is 6.13. The Balaban J connectivity index is 0.00000186. The van der Waals surface area contributed by atoms with Gasteiger partial charge in [0.05, 0.1) is 5.56 Å². The summed E-state index contributed by atoms with van der Waals surface area (Å²) in [4.78, 5) is 4.24. The number of nitrogens with zero attached hydrogens (tertiary/aromatic N) is 2. The van der Waals surface area contributed by atoms with Crippen LogP contribution in [0.25, 0.3) is 40.3 Å². The van der Waals surface area contributed by atoms with Gasteiger partial charge in [0, 0.05) is 75.8 Å². The zero-order valence-corrected chi connectivity index (χ0v) is 29.5. The number of aryl methyl sites for hydroxylation is 2. The maximum atomic E-state index is 13.1. The van der Waals surface area contributed by atoms with Crippen LogP contribution in [0.3, 0.4) is 0 Å². The lowest BCUT2D eigenvalue weighted by molar-refractivity contribution is -0.137. The molecule has 0 unspecified atom stereocenters. The summed E-state index contributed by atoms with van der Waals surface area (Å²) in [6.07, 6.45) is -4.36. The molecule has 0 saturated heterocycles. The van der Waals surface area contributed by atoms with Gasteiger partial charge in [-0.3, -0.25) is 0 Å². The number of fused-ring (bicyclic) bond motifs is 6. The van der Waals surface area contributed by atoms with Crippen LogP contribution in [0.2, 0.25) is 0 Å². The molecule has 0 spiro atoms. The molecule has 8 rings (SSSR count). The molecule has 0 bridgehead atoms. The molecule has 2 aromatic heterocycles. The number of halogens is 3. The normalized spacial score (nSPS) is 11.7. The number of hydrogen-bond donors (Lipinski definition) is 0. The summed E-state index contributed by atoms with van der Waals surface area (Å²) in [7, 11) is 1.88. The Labute approximate surface area is 292 Å². The molecule has 0 radical (unpaired) electrons. The van der Waals surface area contributed by atoms with Crippen LogP contribution in [0.5, 0.6) is 0 Å². The van der Waals surface area contributed by atoms with Crippen molar-refractivity contribution in [3.8, 4) is 0 Å². The van der Waals surface area contributed by atoms with Crippen LogP contribution in [0.1, 0.15) is 30.5 Å². The summed E-state index contributed by atoms with van der Waals surface area (Å²) in [6, 6.07) is 40.3. The van der Waals surface area contributed by atoms with Gasteiger partial charge in [-0.25, -0.2) is 0 Å². The van der Waals surface area contributed by atoms with E-state index in [-0.39, 0.29) is 0 Å². The molecular weight excluding hydrogens is 654 g/mol. The van der Waals surface area contributed by atoms with Gasteiger partial charge in [-0.05, 0) is 98.3 Å². The number of anilines is 5. The van der Waals surface area contributed by atoms with Gasteiger partial charge in [-0.2, -0.15) is 13.2 Å². The molecule has 49 heavy (non-hydrogen) atoms. The zero-order chi connectivity index (χ0) is 34.4. The minimum atomic E-state index is -4.36. The van der Waals surface area contributed by atoms with Gasteiger partial charge >= 0.3 is 6.18 Å². The van der Waals surface area contributed by atoms with E-state index in [4.69, 9.17) is 0 Å². The maximum absolute atomic E-state index is 13.1. The summed E-state index contributed by atoms with van der Waals surface area (Å²) < 4.78 is 44.2. The lowest BCUT2D eigenvalue weighted by Gasteiger charge is -2.26. The monoisotopic (exact) mass is 688 g/mol. The van der Waals surface area contributed by atoms with E-state index in [0.717, 1.165) is 45.0 Å². The molecule has 0 aliphatic rings. The van der Waals surface area contributed by atoms with E-state index >= 15 is 0 Å². The van der Waals surface area contributed by atoms with Crippen molar-refractivity contribution in [2.75, 3.05) is 16.8 Å². The molecule has 6 aromatic carbocycles. The average Bonchev–Trinajstić information content (AvgIpc) is 3.65. The van der Waals surface area contributed by atoms with Gasteiger partial charge in [0.25, 0.3) is 0 Å². The lowest BCUT2D eigenvalue weighted by Crippen LogP contribution is -2.10. The molecule has 0 aliphatic carbocycles. The third-order valence-corrected chi connectivity index (χ3v) is 11.1. The molecule has 0 amide bonds. The van der Waals surface area contributed by atoms with E-state index < -0.39 is 11.7 Å². The molecule has 0 fully saturated rings. The van der Waals surface area contributed by atoms with Crippen LogP contribution in [0, 0.1) is 13.8 Å². The number of thiophene rings is 2. The fourth-order valence-corrected chi connectivity index (χ4v) is 8.69. The number of hydrogen-bond acceptors (Lipinski definition) is 4. The van der Waals surface area contributed by atoms with Crippen LogP contribution >= 0.6 is 22.7 Å². The molecule has 0 N–H and O–H groups in total. The van der Waals surface area contributed by atoms with Crippen molar-refractivity contribution in [1.29, 1.82) is 0 Å². The van der Waals surface area contributed by atoms with Gasteiger partial charge in [-0.15, -0.1) is 22.7 Å². The van der Waals surface area contributed by atoms with Gasteiger partial charge in [0.2, 0.25) is 0 Å². The van der Waals surface area contributed by atoms with Crippen molar-refractivity contribution in [2.24, 2.45) is 0 Å². The van der Waals surface area contributed by atoms with E-state index in [9.17, 15) is 13.2 Å². The van der Waals surface area contributed by atoms with Crippen molar-refractivity contribution in [2.45, 2.75) is 33.9 Å². The summed E-state index contributed by atoms with van der Waals surface area (Å²) in [5.74, 6) is 0.